The number of halogens is 5. The quantitative estimate of drug-likeness (QED) is 0.337. The van der Waals surface area contributed by atoms with Gasteiger partial charge in [-0.05, 0) is 69.0 Å². The average molecular weight is 648 g/mol. The summed E-state index contributed by atoms with van der Waals surface area (Å²) in [7, 11) is 1.69. The average Bonchev–Trinajstić information content (AvgIpc) is 2.77. The SMILES string of the molecule is CN(Cc1cc(Br)cc(Br)c1)C(=O)CC1(c2cccc(C(F)(F)F)c2)CCN(C(=O)OC(C)(C)C)CC1. The van der Waals surface area contributed by atoms with Crippen molar-refractivity contribution in [1.82, 2.24) is 9.80 Å². The summed E-state index contributed by atoms with van der Waals surface area (Å²) in [5, 5.41) is 0. The van der Waals surface area contributed by atoms with Crippen molar-refractivity contribution in [3.63, 3.8) is 0 Å². The minimum atomic E-state index is -4.50. The molecule has 2 aromatic carbocycles. The van der Waals surface area contributed by atoms with Gasteiger partial charge >= 0.3 is 12.3 Å². The third-order valence-electron chi connectivity index (χ3n) is 6.43. The van der Waals surface area contributed by atoms with Crippen molar-refractivity contribution in [3.05, 3.63) is 68.1 Å². The molecule has 2 aromatic rings. The van der Waals surface area contributed by atoms with Gasteiger partial charge in [-0.3, -0.25) is 4.79 Å². The topological polar surface area (TPSA) is 49.9 Å². The lowest BCUT2D eigenvalue weighted by atomic mass is 9.70. The normalized spacial score (nSPS) is 15.9. The second-order valence-electron chi connectivity index (χ2n) is 10.5. The highest BCUT2D eigenvalue weighted by Gasteiger charge is 2.42. The molecule has 3 rings (SSSR count). The lowest BCUT2D eigenvalue weighted by molar-refractivity contribution is -0.137. The van der Waals surface area contributed by atoms with Crippen LogP contribution < -0.4 is 0 Å². The molecule has 5 nitrogen and oxygen atoms in total. The Kier molecular flexibility index (Phi) is 9.05. The van der Waals surface area contributed by atoms with Crippen LogP contribution in [-0.2, 0) is 27.7 Å². The molecule has 10 heteroatoms. The molecule has 0 saturated carbocycles. The van der Waals surface area contributed by atoms with Crippen molar-refractivity contribution < 1.29 is 27.5 Å². The number of carbonyl (C=O) groups excluding carboxylic acids is 2. The summed E-state index contributed by atoms with van der Waals surface area (Å²) in [5.74, 6) is -0.181. The van der Waals surface area contributed by atoms with Crippen molar-refractivity contribution >= 4 is 43.9 Å². The zero-order valence-corrected chi connectivity index (χ0v) is 24.5. The van der Waals surface area contributed by atoms with E-state index in [-0.39, 0.29) is 25.4 Å². The number of likely N-dealkylation sites (tertiary alicyclic amines) is 1. The number of benzene rings is 2. The van der Waals surface area contributed by atoms with Crippen LogP contribution in [0.2, 0.25) is 0 Å². The van der Waals surface area contributed by atoms with Crippen LogP contribution in [0.1, 0.15) is 56.7 Å². The van der Waals surface area contributed by atoms with Crippen LogP contribution in [0.25, 0.3) is 0 Å². The first-order chi connectivity index (χ1) is 17.1. The Morgan fingerprint density at radius 3 is 2.16 bits per heavy atom. The zero-order chi connectivity index (χ0) is 27.6. The fourth-order valence-electron chi connectivity index (χ4n) is 4.53. The molecule has 0 unspecified atom stereocenters. The molecule has 0 N–H and O–H groups in total. The Morgan fingerprint density at radius 2 is 1.62 bits per heavy atom. The molecule has 0 aliphatic carbocycles. The summed E-state index contributed by atoms with van der Waals surface area (Å²) in [6, 6.07) is 10.9. The fourth-order valence-corrected chi connectivity index (χ4v) is 5.91. The van der Waals surface area contributed by atoms with Gasteiger partial charge in [-0.2, -0.15) is 13.2 Å². The van der Waals surface area contributed by atoms with Gasteiger partial charge in [0.25, 0.3) is 0 Å². The fraction of sp³-hybridized carbons (Fsp3) is 0.481. The maximum Gasteiger partial charge on any atom is 0.416 e. The Balaban J connectivity index is 1.86. The van der Waals surface area contributed by atoms with Crippen LogP contribution in [0.4, 0.5) is 18.0 Å². The monoisotopic (exact) mass is 646 g/mol. The van der Waals surface area contributed by atoms with E-state index in [4.69, 9.17) is 4.74 Å². The van der Waals surface area contributed by atoms with Crippen LogP contribution in [0.15, 0.2) is 51.4 Å². The van der Waals surface area contributed by atoms with E-state index in [1.165, 1.54) is 6.07 Å². The molecule has 1 fully saturated rings. The number of piperidine rings is 1. The maximum absolute atomic E-state index is 13.5. The molecule has 0 radical (unpaired) electrons. The Hall–Kier alpha value is -2.07. The molecule has 2 amide bonds. The first-order valence-electron chi connectivity index (χ1n) is 11.9. The number of hydrogen-bond donors (Lipinski definition) is 0. The highest BCUT2D eigenvalue weighted by Crippen LogP contribution is 2.42. The van der Waals surface area contributed by atoms with E-state index < -0.39 is 28.8 Å². The van der Waals surface area contributed by atoms with Crippen molar-refractivity contribution in [1.29, 1.82) is 0 Å². The van der Waals surface area contributed by atoms with Gasteiger partial charge in [0.15, 0.2) is 0 Å². The first-order valence-corrected chi connectivity index (χ1v) is 13.5. The van der Waals surface area contributed by atoms with Gasteiger partial charge < -0.3 is 14.5 Å². The molecular formula is C27H31Br2F3N2O3. The maximum atomic E-state index is 13.5. The molecule has 37 heavy (non-hydrogen) atoms. The summed E-state index contributed by atoms with van der Waals surface area (Å²) < 4.78 is 47.8. The largest absolute Gasteiger partial charge is 0.444 e. The molecule has 202 valence electrons. The second kappa shape index (κ2) is 11.4. The molecule has 1 saturated heterocycles. The Labute approximate surface area is 232 Å². The highest BCUT2D eigenvalue weighted by molar-refractivity contribution is 9.11. The third-order valence-corrected chi connectivity index (χ3v) is 7.35. The standard InChI is InChI=1S/C27H31Br2F3N2O3/c1-25(2,3)37-24(36)34-10-8-26(9-11-34,19-6-5-7-20(14-19)27(30,31)32)16-23(35)33(4)17-18-12-21(28)15-22(29)13-18/h5-7,12-15H,8-11,16-17H2,1-4H3. The van der Waals surface area contributed by atoms with Crippen molar-refractivity contribution in [3.8, 4) is 0 Å². The molecule has 1 aliphatic heterocycles. The molecule has 0 aromatic heterocycles. The van der Waals surface area contributed by atoms with Gasteiger partial charge in [0.1, 0.15) is 5.60 Å². The zero-order valence-electron chi connectivity index (χ0n) is 21.3. The molecule has 0 bridgehead atoms. The number of carbonyl (C=O) groups is 2. The summed E-state index contributed by atoms with van der Waals surface area (Å²) in [6.07, 6.45) is -4.25. The van der Waals surface area contributed by atoms with E-state index in [9.17, 15) is 22.8 Å². The summed E-state index contributed by atoms with van der Waals surface area (Å²) in [5.41, 5.74) is -0.891. The molecule has 0 spiro atoms. The van der Waals surface area contributed by atoms with Gasteiger partial charge in [-0.25, -0.2) is 4.79 Å². The van der Waals surface area contributed by atoms with Crippen molar-refractivity contribution in [2.45, 2.75) is 63.8 Å². The second-order valence-corrected chi connectivity index (χ2v) is 12.4. The lowest BCUT2D eigenvalue weighted by Crippen LogP contribution is -2.48. The van der Waals surface area contributed by atoms with Crippen LogP contribution in [-0.4, -0.2) is 47.5 Å². The molecule has 1 aliphatic rings. The van der Waals surface area contributed by atoms with E-state index in [1.807, 2.05) is 18.2 Å². The lowest BCUT2D eigenvalue weighted by Gasteiger charge is -2.43. The number of ether oxygens (including phenoxy) is 1. The van der Waals surface area contributed by atoms with E-state index in [1.54, 1.807) is 43.7 Å². The van der Waals surface area contributed by atoms with Crippen LogP contribution >= 0.6 is 31.9 Å². The Morgan fingerprint density at radius 1 is 1.03 bits per heavy atom. The van der Waals surface area contributed by atoms with Crippen LogP contribution in [0.3, 0.4) is 0 Å². The van der Waals surface area contributed by atoms with Crippen molar-refractivity contribution in [2.75, 3.05) is 20.1 Å². The summed E-state index contributed by atoms with van der Waals surface area (Å²) >= 11 is 6.90. The first kappa shape index (κ1) is 29.5. The third kappa shape index (κ3) is 7.96. The van der Waals surface area contributed by atoms with Gasteiger partial charge in [0.2, 0.25) is 5.91 Å². The minimum Gasteiger partial charge on any atom is -0.444 e. The van der Waals surface area contributed by atoms with Gasteiger partial charge in [0, 0.05) is 47.5 Å². The number of rotatable bonds is 5. The van der Waals surface area contributed by atoms with Gasteiger partial charge in [-0.15, -0.1) is 0 Å². The van der Waals surface area contributed by atoms with Gasteiger partial charge in [-0.1, -0.05) is 50.1 Å². The van der Waals surface area contributed by atoms with Crippen molar-refractivity contribution in [2.24, 2.45) is 0 Å². The highest BCUT2D eigenvalue weighted by atomic mass is 79.9. The number of nitrogens with zero attached hydrogens (tertiary/aromatic N) is 2. The molecular weight excluding hydrogens is 617 g/mol. The number of alkyl halides is 3. The smallest absolute Gasteiger partial charge is 0.416 e. The van der Waals surface area contributed by atoms with Crippen LogP contribution in [0.5, 0.6) is 0 Å². The predicted molar refractivity (Wildman–Crippen MR) is 143 cm³/mol. The number of amides is 2. The summed E-state index contributed by atoms with van der Waals surface area (Å²) in [4.78, 5) is 29.2. The molecule has 1 heterocycles. The predicted octanol–water partition coefficient (Wildman–Crippen LogP) is 7.55. The van der Waals surface area contributed by atoms with Crippen LogP contribution in [0, 0.1) is 0 Å². The van der Waals surface area contributed by atoms with Gasteiger partial charge in [0.05, 0.1) is 5.56 Å². The van der Waals surface area contributed by atoms with E-state index >= 15 is 0 Å². The Bertz CT molecular complexity index is 1120. The van der Waals surface area contributed by atoms with E-state index in [0.717, 1.165) is 26.6 Å². The molecule has 0 atom stereocenters. The summed E-state index contributed by atoms with van der Waals surface area (Å²) in [6.45, 7) is 6.24. The minimum absolute atomic E-state index is 0.0299. The van der Waals surface area contributed by atoms with E-state index in [2.05, 4.69) is 31.9 Å². The van der Waals surface area contributed by atoms with E-state index in [0.29, 0.717) is 24.9 Å². The number of hydrogen-bond acceptors (Lipinski definition) is 3.